The SMILES string of the molecule is COc1cc2ncc(C#N)c(N3CCCN(C(=O)CCNS(=O)(=O)NC(=O)O)CC3)c2cc1OC. The number of carbonyl (C=O) groups is 2. The van der Waals surface area contributed by atoms with Gasteiger partial charge >= 0.3 is 16.3 Å². The number of nitrogens with zero attached hydrogens (tertiary/aromatic N) is 4. The van der Waals surface area contributed by atoms with Crippen molar-refractivity contribution in [2.24, 2.45) is 0 Å². The second kappa shape index (κ2) is 11.1. The van der Waals surface area contributed by atoms with E-state index in [1.807, 2.05) is 9.62 Å². The average Bonchev–Trinajstić information content (AvgIpc) is 3.07. The Morgan fingerprint density at radius 3 is 2.54 bits per heavy atom. The summed E-state index contributed by atoms with van der Waals surface area (Å²) >= 11 is 0. The highest BCUT2D eigenvalue weighted by molar-refractivity contribution is 7.88. The van der Waals surface area contributed by atoms with Gasteiger partial charge in [0.05, 0.1) is 31.0 Å². The summed E-state index contributed by atoms with van der Waals surface area (Å²) in [7, 11) is -1.18. The molecule has 1 aliphatic heterocycles. The standard InChI is InChI=1S/C21H26N6O7S/c1-33-17-10-15-16(11-18(17)34-2)23-13-14(12-22)20(15)27-7-3-6-26(8-9-27)19(28)4-5-24-35(31,32)25-21(29)30/h10-11,13,24-25H,3-9H2,1-2H3,(H,29,30). The van der Waals surface area contributed by atoms with Crippen LogP contribution in [0.5, 0.6) is 11.5 Å². The van der Waals surface area contributed by atoms with Crippen molar-refractivity contribution >= 4 is 38.8 Å². The molecule has 0 unspecified atom stereocenters. The number of hydrogen-bond acceptors (Lipinski definition) is 9. The van der Waals surface area contributed by atoms with Gasteiger partial charge in [-0.1, -0.05) is 0 Å². The number of anilines is 1. The van der Waals surface area contributed by atoms with Crippen molar-refractivity contribution in [2.75, 3.05) is 51.8 Å². The van der Waals surface area contributed by atoms with Crippen LogP contribution >= 0.6 is 0 Å². The van der Waals surface area contributed by atoms with Crippen LogP contribution in [-0.4, -0.2) is 82.4 Å². The maximum Gasteiger partial charge on any atom is 0.419 e. The summed E-state index contributed by atoms with van der Waals surface area (Å²) in [5, 5.41) is 19.0. The Hall–Kier alpha value is -3.83. The Bertz CT molecular complexity index is 1260. The molecule has 13 nitrogen and oxygen atoms in total. The first-order chi connectivity index (χ1) is 16.7. The highest BCUT2D eigenvalue weighted by atomic mass is 32.2. The molecule has 0 radical (unpaired) electrons. The molecule has 3 N–H and O–H groups in total. The summed E-state index contributed by atoms with van der Waals surface area (Å²) in [6, 6.07) is 5.71. The Morgan fingerprint density at radius 2 is 1.89 bits per heavy atom. The summed E-state index contributed by atoms with van der Waals surface area (Å²) in [6.07, 6.45) is 0.293. The topological polar surface area (TPSA) is 174 Å². The summed E-state index contributed by atoms with van der Waals surface area (Å²) in [5.41, 5.74) is 1.72. The van der Waals surface area contributed by atoms with Gasteiger partial charge in [-0.2, -0.15) is 18.4 Å². The molecule has 2 amide bonds. The van der Waals surface area contributed by atoms with Gasteiger partial charge < -0.3 is 24.4 Å². The van der Waals surface area contributed by atoms with E-state index in [9.17, 15) is 23.3 Å². The number of ether oxygens (including phenoxy) is 2. The molecule has 2 aromatic rings. The largest absolute Gasteiger partial charge is 0.493 e. The molecule has 0 spiro atoms. The summed E-state index contributed by atoms with van der Waals surface area (Å²) in [6.45, 7) is 1.61. The Balaban J connectivity index is 1.75. The first-order valence-electron chi connectivity index (χ1n) is 10.7. The number of hydrogen-bond donors (Lipinski definition) is 3. The minimum absolute atomic E-state index is 0.126. The first kappa shape index (κ1) is 25.8. The Kier molecular flexibility index (Phi) is 8.15. The van der Waals surface area contributed by atoms with Crippen LogP contribution in [0.25, 0.3) is 10.9 Å². The van der Waals surface area contributed by atoms with Crippen molar-refractivity contribution in [1.82, 2.24) is 19.3 Å². The van der Waals surface area contributed by atoms with Gasteiger partial charge in [-0.05, 0) is 12.5 Å². The third-order valence-corrected chi connectivity index (χ3v) is 6.51. The number of carboxylic acid groups (broad SMARTS) is 1. The number of aromatic nitrogens is 1. The molecule has 2 heterocycles. The molecule has 1 aromatic heterocycles. The fourth-order valence-electron chi connectivity index (χ4n) is 3.92. The Labute approximate surface area is 202 Å². The molecule has 188 valence electrons. The van der Waals surface area contributed by atoms with E-state index in [0.29, 0.717) is 60.9 Å². The van der Waals surface area contributed by atoms with Gasteiger partial charge in [0.15, 0.2) is 11.5 Å². The molecule has 1 aromatic carbocycles. The van der Waals surface area contributed by atoms with Crippen molar-refractivity contribution < 1.29 is 32.6 Å². The number of amides is 2. The van der Waals surface area contributed by atoms with Crippen molar-refractivity contribution in [2.45, 2.75) is 12.8 Å². The van der Waals surface area contributed by atoms with Gasteiger partial charge in [0.1, 0.15) is 6.07 Å². The quantitative estimate of drug-likeness (QED) is 0.461. The van der Waals surface area contributed by atoms with E-state index in [-0.39, 0.29) is 18.9 Å². The second-order valence-electron chi connectivity index (χ2n) is 7.63. The highest BCUT2D eigenvalue weighted by Gasteiger charge is 2.24. The maximum atomic E-state index is 12.6. The molecule has 0 atom stereocenters. The van der Waals surface area contributed by atoms with Crippen LogP contribution in [-0.2, 0) is 15.0 Å². The minimum atomic E-state index is -4.23. The summed E-state index contributed by atoms with van der Waals surface area (Å²) in [5.74, 6) is 0.756. The highest BCUT2D eigenvalue weighted by Crippen LogP contribution is 2.37. The third-order valence-electron chi connectivity index (χ3n) is 5.48. The molecule has 1 saturated heterocycles. The van der Waals surface area contributed by atoms with Gasteiger partial charge in [-0.25, -0.2) is 9.52 Å². The van der Waals surface area contributed by atoms with Crippen LogP contribution in [0, 0.1) is 11.3 Å². The molecule has 1 aliphatic rings. The molecular formula is C21H26N6O7S. The van der Waals surface area contributed by atoms with Crippen LogP contribution in [0.1, 0.15) is 18.4 Å². The molecule has 0 bridgehead atoms. The Morgan fingerprint density at radius 1 is 1.17 bits per heavy atom. The lowest BCUT2D eigenvalue weighted by Crippen LogP contribution is -2.42. The average molecular weight is 507 g/mol. The molecule has 0 saturated carbocycles. The summed E-state index contributed by atoms with van der Waals surface area (Å²) in [4.78, 5) is 31.2. The monoisotopic (exact) mass is 506 g/mol. The zero-order valence-corrected chi connectivity index (χ0v) is 20.1. The zero-order valence-electron chi connectivity index (χ0n) is 19.3. The van der Waals surface area contributed by atoms with Gasteiger partial charge in [0.2, 0.25) is 5.91 Å². The number of nitriles is 1. The predicted molar refractivity (Wildman–Crippen MR) is 126 cm³/mol. The number of fused-ring (bicyclic) bond motifs is 1. The predicted octanol–water partition coefficient (Wildman–Crippen LogP) is 0.654. The van der Waals surface area contributed by atoms with Gasteiger partial charge in [-0.15, -0.1) is 0 Å². The number of nitrogens with one attached hydrogen (secondary N) is 2. The van der Waals surface area contributed by atoms with Crippen molar-refractivity contribution in [3.05, 3.63) is 23.9 Å². The smallest absolute Gasteiger partial charge is 0.419 e. The number of benzene rings is 1. The molecule has 35 heavy (non-hydrogen) atoms. The van der Waals surface area contributed by atoms with E-state index in [4.69, 9.17) is 14.6 Å². The fraction of sp³-hybridized carbons (Fsp3) is 0.429. The molecule has 3 rings (SSSR count). The van der Waals surface area contributed by atoms with Gasteiger partial charge in [0, 0.05) is 56.8 Å². The van der Waals surface area contributed by atoms with Crippen molar-refractivity contribution in [3.63, 3.8) is 0 Å². The van der Waals surface area contributed by atoms with E-state index < -0.39 is 16.3 Å². The zero-order chi connectivity index (χ0) is 25.6. The van der Waals surface area contributed by atoms with Crippen LogP contribution < -0.4 is 23.8 Å². The van der Waals surface area contributed by atoms with Crippen molar-refractivity contribution in [1.29, 1.82) is 5.26 Å². The van der Waals surface area contributed by atoms with Gasteiger partial charge in [0.25, 0.3) is 0 Å². The number of pyridine rings is 1. The van der Waals surface area contributed by atoms with E-state index in [2.05, 4.69) is 11.1 Å². The minimum Gasteiger partial charge on any atom is -0.493 e. The summed E-state index contributed by atoms with van der Waals surface area (Å²) < 4.78 is 37.2. The lowest BCUT2D eigenvalue weighted by atomic mass is 10.1. The first-order valence-corrected chi connectivity index (χ1v) is 12.1. The van der Waals surface area contributed by atoms with Crippen LogP contribution in [0.3, 0.4) is 0 Å². The lowest BCUT2D eigenvalue weighted by molar-refractivity contribution is -0.130. The van der Waals surface area contributed by atoms with Crippen LogP contribution in [0.15, 0.2) is 18.3 Å². The van der Waals surface area contributed by atoms with E-state index >= 15 is 0 Å². The van der Waals surface area contributed by atoms with Crippen molar-refractivity contribution in [3.8, 4) is 17.6 Å². The van der Waals surface area contributed by atoms with Gasteiger partial charge in [-0.3, -0.25) is 9.78 Å². The number of rotatable bonds is 8. The lowest BCUT2D eigenvalue weighted by Gasteiger charge is -2.26. The third kappa shape index (κ3) is 6.19. The molecular weight excluding hydrogens is 480 g/mol. The van der Waals surface area contributed by atoms with E-state index in [1.165, 1.54) is 25.1 Å². The number of methoxy groups -OCH3 is 2. The molecule has 14 heteroatoms. The maximum absolute atomic E-state index is 12.6. The van der Waals surface area contributed by atoms with E-state index in [1.54, 1.807) is 17.0 Å². The van der Waals surface area contributed by atoms with E-state index in [0.717, 1.165) is 5.39 Å². The normalized spacial score (nSPS) is 14.2. The molecule has 0 aliphatic carbocycles. The second-order valence-corrected chi connectivity index (χ2v) is 9.13. The fourth-order valence-corrected chi connectivity index (χ4v) is 4.59. The van der Waals surface area contributed by atoms with Crippen LogP contribution in [0.2, 0.25) is 0 Å². The number of carbonyl (C=O) groups excluding carboxylic acids is 1. The van der Waals surface area contributed by atoms with Crippen LogP contribution in [0.4, 0.5) is 10.5 Å². The molecule has 1 fully saturated rings.